The Kier molecular flexibility index (Phi) is 5.93. The Hall–Kier alpha value is -2.54. The number of rotatable bonds is 4. The molecule has 7 heteroatoms. The van der Waals surface area contributed by atoms with Crippen LogP contribution in [0.4, 0.5) is 24.5 Å². The van der Waals surface area contributed by atoms with Crippen LogP contribution in [0.5, 0.6) is 0 Å². The van der Waals surface area contributed by atoms with E-state index in [1.54, 1.807) is 12.1 Å². The monoisotopic (exact) mass is 391 g/mol. The maximum Gasteiger partial charge on any atom is 0.418 e. The minimum atomic E-state index is -4.55. The molecule has 3 rings (SSSR count). The Bertz CT molecular complexity index is 843. The topological polar surface area (TPSA) is 35.6 Å². The summed E-state index contributed by atoms with van der Waals surface area (Å²) in [7, 11) is 1.99. The Balaban J connectivity index is 1.80. The van der Waals surface area contributed by atoms with Crippen molar-refractivity contribution in [2.24, 2.45) is 0 Å². The number of nitrogens with one attached hydrogen (secondary N) is 1. The molecule has 1 aliphatic heterocycles. The molecule has 28 heavy (non-hydrogen) atoms. The van der Waals surface area contributed by atoms with Gasteiger partial charge in [0.2, 0.25) is 5.91 Å². The van der Waals surface area contributed by atoms with E-state index in [9.17, 15) is 18.0 Å². The fraction of sp³-hybridized carbons (Fsp3) is 0.381. The highest BCUT2D eigenvalue weighted by atomic mass is 19.4. The second-order valence-electron chi connectivity index (χ2n) is 7.17. The number of carbonyl (C=O) groups is 1. The largest absolute Gasteiger partial charge is 0.418 e. The van der Waals surface area contributed by atoms with Crippen LogP contribution in [0, 0.1) is 6.92 Å². The number of amides is 1. The van der Waals surface area contributed by atoms with Crippen LogP contribution in [-0.2, 0) is 17.4 Å². The molecule has 1 fully saturated rings. The van der Waals surface area contributed by atoms with Gasteiger partial charge in [-0.25, -0.2) is 0 Å². The van der Waals surface area contributed by atoms with Crippen molar-refractivity contribution in [1.29, 1.82) is 0 Å². The zero-order valence-electron chi connectivity index (χ0n) is 16.0. The molecule has 1 N–H and O–H groups in total. The fourth-order valence-electron chi connectivity index (χ4n) is 3.31. The minimum Gasteiger partial charge on any atom is -0.369 e. The summed E-state index contributed by atoms with van der Waals surface area (Å²) in [6.45, 7) is 4.82. The van der Waals surface area contributed by atoms with E-state index >= 15 is 0 Å². The van der Waals surface area contributed by atoms with E-state index in [2.05, 4.69) is 10.2 Å². The van der Waals surface area contributed by atoms with Gasteiger partial charge in [0, 0.05) is 31.9 Å². The Morgan fingerprint density at radius 2 is 1.75 bits per heavy atom. The molecule has 1 aliphatic rings. The van der Waals surface area contributed by atoms with Crippen molar-refractivity contribution < 1.29 is 18.0 Å². The molecule has 0 aromatic heterocycles. The van der Waals surface area contributed by atoms with Crippen molar-refractivity contribution >= 4 is 17.3 Å². The molecule has 0 bridgehead atoms. The normalized spacial score (nSPS) is 15.5. The Morgan fingerprint density at radius 3 is 2.39 bits per heavy atom. The average Bonchev–Trinajstić information content (AvgIpc) is 2.64. The van der Waals surface area contributed by atoms with Crippen molar-refractivity contribution in [2.75, 3.05) is 43.4 Å². The number of halogens is 3. The molecule has 2 aromatic carbocycles. The smallest absolute Gasteiger partial charge is 0.369 e. The van der Waals surface area contributed by atoms with Crippen molar-refractivity contribution in [3.8, 4) is 0 Å². The van der Waals surface area contributed by atoms with Crippen molar-refractivity contribution in [2.45, 2.75) is 19.5 Å². The van der Waals surface area contributed by atoms with E-state index in [-0.39, 0.29) is 12.1 Å². The molecule has 1 amide bonds. The SMILES string of the molecule is Cc1ccccc1CC(=O)Nc1ccc(N2CCN(C)CC2)cc1C(F)(F)F. The third-order valence-electron chi connectivity index (χ3n) is 5.06. The second kappa shape index (κ2) is 8.22. The van der Waals surface area contributed by atoms with Crippen LogP contribution in [0.15, 0.2) is 42.5 Å². The molecule has 150 valence electrons. The molecule has 0 saturated carbocycles. The molecule has 1 saturated heterocycles. The number of hydrogen-bond donors (Lipinski definition) is 1. The molecular weight excluding hydrogens is 367 g/mol. The second-order valence-corrected chi connectivity index (χ2v) is 7.17. The lowest BCUT2D eigenvalue weighted by Crippen LogP contribution is -2.44. The average molecular weight is 391 g/mol. The number of alkyl halides is 3. The highest BCUT2D eigenvalue weighted by Crippen LogP contribution is 2.37. The molecule has 0 unspecified atom stereocenters. The van der Waals surface area contributed by atoms with E-state index in [1.807, 2.05) is 37.1 Å². The van der Waals surface area contributed by atoms with E-state index in [4.69, 9.17) is 0 Å². The zero-order chi connectivity index (χ0) is 20.3. The number of aryl methyl sites for hydroxylation is 1. The van der Waals surface area contributed by atoms with Crippen LogP contribution in [-0.4, -0.2) is 44.0 Å². The summed E-state index contributed by atoms with van der Waals surface area (Å²) in [6.07, 6.45) is -4.52. The van der Waals surface area contributed by atoms with Crippen molar-refractivity contribution in [3.05, 3.63) is 59.2 Å². The van der Waals surface area contributed by atoms with Gasteiger partial charge in [0.25, 0.3) is 0 Å². The first-order chi connectivity index (χ1) is 13.2. The predicted molar refractivity (Wildman–Crippen MR) is 105 cm³/mol. The van der Waals surface area contributed by atoms with Crippen LogP contribution in [0.25, 0.3) is 0 Å². The fourth-order valence-corrected chi connectivity index (χ4v) is 3.31. The van der Waals surface area contributed by atoms with E-state index in [1.165, 1.54) is 6.07 Å². The lowest BCUT2D eigenvalue weighted by molar-refractivity contribution is -0.136. The van der Waals surface area contributed by atoms with Crippen LogP contribution in [0.1, 0.15) is 16.7 Å². The highest BCUT2D eigenvalue weighted by Gasteiger charge is 2.35. The summed E-state index contributed by atoms with van der Waals surface area (Å²) < 4.78 is 40.9. The van der Waals surface area contributed by atoms with Crippen molar-refractivity contribution in [1.82, 2.24) is 4.90 Å². The number of piperazine rings is 1. The van der Waals surface area contributed by atoms with Crippen LogP contribution >= 0.6 is 0 Å². The lowest BCUT2D eigenvalue weighted by atomic mass is 10.1. The predicted octanol–water partition coefficient (Wildman–Crippen LogP) is 3.95. The molecule has 4 nitrogen and oxygen atoms in total. The van der Waals surface area contributed by atoms with Gasteiger partial charge in [-0.1, -0.05) is 24.3 Å². The summed E-state index contributed by atoms with van der Waals surface area (Å²) in [4.78, 5) is 16.4. The molecule has 1 heterocycles. The number of likely N-dealkylation sites (N-methyl/N-ethyl adjacent to an activating group) is 1. The number of anilines is 2. The van der Waals surface area contributed by atoms with Gasteiger partial charge in [-0.3, -0.25) is 4.79 Å². The summed E-state index contributed by atoms with van der Waals surface area (Å²) in [5.41, 5.74) is 1.23. The molecule has 0 radical (unpaired) electrons. The summed E-state index contributed by atoms with van der Waals surface area (Å²) in [5, 5.41) is 2.44. The molecule has 0 atom stereocenters. The van der Waals surface area contributed by atoms with E-state index in [0.29, 0.717) is 18.8 Å². The van der Waals surface area contributed by atoms with Crippen LogP contribution in [0.3, 0.4) is 0 Å². The Labute approximate surface area is 162 Å². The van der Waals surface area contributed by atoms with Gasteiger partial charge < -0.3 is 15.1 Å². The first-order valence-corrected chi connectivity index (χ1v) is 9.23. The molecule has 0 spiro atoms. The minimum absolute atomic E-state index is 0.0319. The van der Waals surface area contributed by atoms with E-state index in [0.717, 1.165) is 30.3 Å². The quantitative estimate of drug-likeness (QED) is 0.857. The number of hydrogen-bond acceptors (Lipinski definition) is 3. The maximum absolute atomic E-state index is 13.6. The van der Waals surface area contributed by atoms with Crippen LogP contribution < -0.4 is 10.2 Å². The first-order valence-electron chi connectivity index (χ1n) is 9.23. The maximum atomic E-state index is 13.6. The summed E-state index contributed by atoms with van der Waals surface area (Å²) in [6, 6.07) is 11.5. The molecule has 0 aliphatic carbocycles. The zero-order valence-corrected chi connectivity index (χ0v) is 16.0. The van der Waals surface area contributed by atoms with Gasteiger partial charge in [-0.15, -0.1) is 0 Å². The first kappa shape index (κ1) is 20.2. The molecule has 2 aromatic rings. The summed E-state index contributed by atoms with van der Waals surface area (Å²) >= 11 is 0. The third-order valence-corrected chi connectivity index (χ3v) is 5.06. The summed E-state index contributed by atoms with van der Waals surface area (Å²) in [5.74, 6) is -0.466. The standard InChI is InChI=1S/C21H24F3N3O/c1-15-5-3-4-6-16(15)13-20(28)25-19-8-7-17(14-18(19)21(22,23)24)27-11-9-26(2)10-12-27/h3-8,14H,9-13H2,1-2H3,(H,25,28). The molecular formula is C21H24F3N3O. The number of nitrogens with zero attached hydrogens (tertiary/aromatic N) is 2. The van der Waals surface area contributed by atoms with Gasteiger partial charge in [0.1, 0.15) is 0 Å². The van der Waals surface area contributed by atoms with Gasteiger partial charge >= 0.3 is 6.18 Å². The lowest BCUT2D eigenvalue weighted by Gasteiger charge is -2.34. The third kappa shape index (κ3) is 4.84. The van der Waals surface area contributed by atoms with Gasteiger partial charge in [0.15, 0.2) is 0 Å². The van der Waals surface area contributed by atoms with Gasteiger partial charge in [0.05, 0.1) is 17.7 Å². The van der Waals surface area contributed by atoms with Crippen molar-refractivity contribution in [3.63, 3.8) is 0 Å². The Morgan fingerprint density at radius 1 is 1.07 bits per heavy atom. The number of carbonyl (C=O) groups excluding carboxylic acids is 1. The van der Waals surface area contributed by atoms with Gasteiger partial charge in [-0.2, -0.15) is 13.2 Å². The highest BCUT2D eigenvalue weighted by molar-refractivity contribution is 5.93. The number of benzene rings is 2. The van der Waals surface area contributed by atoms with E-state index < -0.39 is 17.6 Å². The van der Waals surface area contributed by atoms with Gasteiger partial charge in [-0.05, 0) is 43.3 Å². The van der Waals surface area contributed by atoms with Crippen LogP contribution in [0.2, 0.25) is 0 Å².